The molecule has 0 heterocycles. The maximum atomic E-state index is 5.82. The summed E-state index contributed by atoms with van der Waals surface area (Å²) < 4.78 is 1.99. The summed E-state index contributed by atoms with van der Waals surface area (Å²) in [5.41, 5.74) is 9.56. The van der Waals surface area contributed by atoms with E-state index >= 15 is 0 Å². The van der Waals surface area contributed by atoms with Crippen molar-refractivity contribution in [1.29, 1.82) is 0 Å². The zero-order valence-corrected chi connectivity index (χ0v) is 33.6. The van der Waals surface area contributed by atoms with Crippen LogP contribution in [0.25, 0.3) is 0 Å². The molecular weight excluding hydrogens is 639 g/mol. The third-order valence-electron chi connectivity index (χ3n) is 9.53. The first-order valence-electron chi connectivity index (χ1n) is 20.6. The summed E-state index contributed by atoms with van der Waals surface area (Å²) in [5.74, 6) is 7.08. The Balaban J connectivity index is 2.53. The Hall–Kier alpha value is -2.17. The average molecular weight is 712 g/mol. The van der Waals surface area contributed by atoms with Gasteiger partial charge in [-0.05, 0) is 0 Å². The van der Waals surface area contributed by atoms with Gasteiger partial charge in [-0.3, -0.25) is 0 Å². The zero-order valence-electron chi connectivity index (χ0n) is 32.6. The summed E-state index contributed by atoms with van der Waals surface area (Å²) in [6.45, 7) is 13.5. The fourth-order valence-corrected chi connectivity index (χ4v) is 6.71. The number of aryl methyl sites for hydroxylation is 4. The van der Waals surface area contributed by atoms with E-state index in [0.717, 1.165) is 61.3 Å². The van der Waals surface area contributed by atoms with Crippen molar-refractivity contribution in [2.24, 2.45) is 4.99 Å². The van der Waals surface area contributed by atoms with E-state index < -0.39 is 0 Å². The third-order valence-corrected chi connectivity index (χ3v) is 10.1. The van der Waals surface area contributed by atoms with Crippen molar-refractivity contribution in [2.45, 2.75) is 196 Å². The molecule has 0 aliphatic carbocycles. The van der Waals surface area contributed by atoms with E-state index in [0.29, 0.717) is 0 Å². The van der Waals surface area contributed by atoms with Crippen molar-refractivity contribution in [3.05, 3.63) is 58.7 Å². The van der Waals surface area contributed by atoms with Gasteiger partial charge in [-0.1, -0.05) is 13.3 Å². The van der Waals surface area contributed by atoms with Gasteiger partial charge in [0, 0.05) is 0 Å². The molecule has 2 aromatic rings. The molecule has 0 radical (unpaired) electrons. The number of unbranched alkanes of at least 4 members (excludes halogenated alkanes) is 15. The van der Waals surface area contributed by atoms with Gasteiger partial charge in [-0.2, -0.15) is 0 Å². The molecule has 275 valence electrons. The molecular formula is C46H72N2Ni+. The summed E-state index contributed by atoms with van der Waals surface area (Å²) in [5, 5.41) is 0. The molecule has 0 saturated heterocycles. The molecule has 2 nitrogen and oxygen atoms in total. The predicted molar refractivity (Wildman–Crippen MR) is 214 cm³/mol. The number of rotatable bonds is 26. The van der Waals surface area contributed by atoms with Crippen LogP contribution in [0.2, 0.25) is 0 Å². The van der Waals surface area contributed by atoms with E-state index in [2.05, 4.69) is 89.8 Å². The van der Waals surface area contributed by atoms with E-state index in [1.165, 1.54) is 138 Å². The normalized spacial score (nSPS) is 12.2. The number of hydrogen-bond acceptors (Lipinski definition) is 1. The minimum absolute atomic E-state index is 0.823. The number of benzene rings is 2. The molecule has 0 aliphatic heterocycles. The van der Waals surface area contributed by atoms with Crippen LogP contribution in [0.5, 0.6) is 0 Å². The van der Waals surface area contributed by atoms with Gasteiger partial charge in [0.15, 0.2) is 0 Å². The van der Waals surface area contributed by atoms with Crippen molar-refractivity contribution in [2.75, 3.05) is 0 Å². The van der Waals surface area contributed by atoms with Crippen molar-refractivity contribution in [1.82, 2.24) is 0 Å². The number of nitrogens with zero attached hydrogens (tertiary/aromatic N) is 2. The van der Waals surface area contributed by atoms with Crippen LogP contribution in [0, 0.1) is 11.8 Å². The molecule has 49 heavy (non-hydrogen) atoms. The SMILES string of the molecule is CCCCCCCCCC#CC(=Nc1cc(CCCCC)cc(CCCCC)c1)C(C)=[N+]([Ni])c1cc(CCCCC)cc(CCCCC)c1. The van der Waals surface area contributed by atoms with Crippen LogP contribution >= 0.6 is 0 Å². The van der Waals surface area contributed by atoms with Crippen molar-refractivity contribution < 1.29 is 19.3 Å². The topological polar surface area (TPSA) is 15.4 Å². The van der Waals surface area contributed by atoms with Crippen LogP contribution in [-0.4, -0.2) is 15.1 Å². The molecule has 0 spiro atoms. The van der Waals surface area contributed by atoms with Gasteiger partial charge < -0.3 is 0 Å². The summed E-state index contributed by atoms with van der Waals surface area (Å²) in [6.07, 6.45) is 29.4. The van der Waals surface area contributed by atoms with Gasteiger partial charge in [-0.15, -0.1) is 0 Å². The summed E-state index contributed by atoms with van der Waals surface area (Å²) >= 11 is 5.82. The Morgan fingerprint density at radius 3 is 1.37 bits per heavy atom. The summed E-state index contributed by atoms with van der Waals surface area (Å²) in [7, 11) is 0. The van der Waals surface area contributed by atoms with Crippen LogP contribution in [0.4, 0.5) is 11.4 Å². The van der Waals surface area contributed by atoms with Crippen molar-refractivity contribution in [3.8, 4) is 11.8 Å². The second kappa shape index (κ2) is 27.5. The molecule has 0 unspecified atom stereocenters. The molecule has 0 aromatic heterocycles. The minimum atomic E-state index is 0.823. The summed E-state index contributed by atoms with van der Waals surface area (Å²) in [4.78, 5) is 5.32. The first kappa shape index (κ1) is 43.0. The van der Waals surface area contributed by atoms with E-state index in [-0.39, 0.29) is 0 Å². The monoisotopic (exact) mass is 711 g/mol. The maximum absolute atomic E-state index is 5.82. The first-order chi connectivity index (χ1) is 23.9. The van der Waals surface area contributed by atoms with Crippen molar-refractivity contribution >= 4 is 22.8 Å². The number of aliphatic imine (C=N–C) groups is 1. The van der Waals surface area contributed by atoms with Crippen LogP contribution in [0.1, 0.15) is 192 Å². The van der Waals surface area contributed by atoms with E-state index in [1.54, 1.807) is 0 Å². The molecule has 3 heteroatoms. The Kier molecular flexibility index (Phi) is 24.2. The Morgan fingerprint density at radius 1 is 0.531 bits per heavy atom. The average Bonchev–Trinajstić information content (AvgIpc) is 3.10. The van der Waals surface area contributed by atoms with Gasteiger partial charge in [-0.25, -0.2) is 0 Å². The molecule has 0 bridgehead atoms. The van der Waals surface area contributed by atoms with E-state index in [9.17, 15) is 0 Å². The molecule has 0 saturated carbocycles. The molecule has 0 fully saturated rings. The summed E-state index contributed by atoms with van der Waals surface area (Å²) in [6, 6.07) is 14.1. The molecule has 2 aromatic carbocycles. The zero-order chi connectivity index (χ0) is 35.5. The molecule has 0 atom stereocenters. The first-order valence-corrected chi connectivity index (χ1v) is 21.0. The third kappa shape index (κ3) is 18.6. The molecule has 0 N–H and O–H groups in total. The van der Waals surface area contributed by atoms with Gasteiger partial charge in [0.05, 0.1) is 0 Å². The van der Waals surface area contributed by atoms with E-state index in [4.69, 9.17) is 20.7 Å². The molecule has 2 rings (SSSR count). The quantitative estimate of drug-likeness (QED) is 0.0400. The van der Waals surface area contributed by atoms with Crippen LogP contribution in [-0.2, 0) is 41.4 Å². The predicted octanol–water partition coefficient (Wildman–Crippen LogP) is 14.1. The number of hydrogen-bond donors (Lipinski definition) is 0. The van der Waals surface area contributed by atoms with Gasteiger partial charge >= 0.3 is 300 Å². The van der Waals surface area contributed by atoms with Crippen LogP contribution in [0.3, 0.4) is 0 Å². The fourth-order valence-electron chi connectivity index (χ4n) is 6.48. The standard InChI is InChI=1S/C46H72N2.Ni/c1-7-12-17-18-19-20-21-22-27-32-46(48-45-37-42(30-25-15-10-4)34-43(38-45)31-26-16-11-5)39(6)47-44-35-40(28-23-13-8-2)33-41(36-44)29-24-14-9-3;/h33-38H,7-26,28-31H2,1-6H3;/q;+1. The van der Waals surface area contributed by atoms with E-state index in [1.807, 2.05) is 3.66 Å². The second-order valence-corrected chi connectivity index (χ2v) is 14.8. The van der Waals surface area contributed by atoms with Crippen molar-refractivity contribution in [3.63, 3.8) is 0 Å². The van der Waals surface area contributed by atoms with Gasteiger partial charge in [0.25, 0.3) is 0 Å². The fraction of sp³-hybridized carbons (Fsp3) is 0.652. The van der Waals surface area contributed by atoms with Crippen LogP contribution in [0.15, 0.2) is 41.4 Å². The Morgan fingerprint density at radius 2 is 0.918 bits per heavy atom. The Labute approximate surface area is 312 Å². The van der Waals surface area contributed by atoms with Gasteiger partial charge in [0.2, 0.25) is 0 Å². The second-order valence-electron chi connectivity index (χ2n) is 14.3. The Bertz CT molecular complexity index is 1250. The van der Waals surface area contributed by atoms with Crippen LogP contribution < -0.4 is 0 Å². The van der Waals surface area contributed by atoms with Gasteiger partial charge in [0.1, 0.15) is 0 Å². The molecule has 0 aliphatic rings. The molecule has 0 amide bonds.